The van der Waals surface area contributed by atoms with Gasteiger partial charge in [0.2, 0.25) is 21.7 Å². The van der Waals surface area contributed by atoms with Crippen LogP contribution in [0.2, 0.25) is 5.02 Å². The van der Waals surface area contributed by atoms with Gasteiger partial charge in [-0.15, -0.1) is 0 Å². The Morgan fingerprint density at radius 2 is 1.88 bits per heavy atom. The number of halogens is 1. The standard InChI is InChI=1S/C17H16ClN3O3S/c1-11-5-3-4-6-14(11)17-20-16(24-21-17)10-19-25(22,23)13-8-7-12(2)15(18)9-13/h3-9,19H,10H2,1-2H3. The lowest BCUT2D eigenvalue weighted by atomic mass is 10.1. The number of aromatic nitrogens is 2. The first-order chi connectivity index (χ1) is 11.9. The predicted octanol–water partition coefficient (Wildman–Crippen LogP) is 3.49. The largest absolute Gasteiger partial charge is 0.338 e. The number of rotatable bonds is 5. The van der Waals surface area contributed by atoms with Crippen molar-refractivity contribution in [1.29, 1.82) is 0 Å². The summed E-state index contributed by atoms with van der Waals surface area (Å²) in [4.78, 5) is 4.32. The van der Waals surface area contributed by atoms with Crippen LogP contribution in [-0.2, 0) is 16.6 Å². The van der Waals surface area contributed by atoms with Gasteiger partial charge in [0, 0.05) is 10.6 Å². The maximum absolute atomic E-state index is 12.3. The molecule has 6 nitrogen and oxygen atoms in total. The van der Waals surface area contributed by atoms with Gasteiger partial charge >= 0.3 is 0 Å². The SMILES string of the molecule is Cc1ccc(S(=O)(=O)NCc2nc(-c3ccccc3C)no2)cc1Cl. The molecule has 0 aliphatic heterocycles. The van der Waals surface area contributed by atoms with E-state index >= 15 is 0 Å². The Kier molecular flexibility index (Phi) is 4.89. The summed E-state index contributed by atoms with van der Waals surface area (Å²) in [5.41, 5.74) is 2.65. The van der Waals surface area contributed by atoms with Crippen LogP contribution in [0, 0.1) is 13.8 Å². The van der Waals surface area contributed by atoms with Crippen molar-refractivity contribution in [1.82, 2.24) is 14.9 Å². The third-order valence-corrected chi connectivity index (χ3v) is 5.53. The van der Waals surface area contributed by atoms with Crippen molar-refractivity contribution in [3.8, 4) is 11.4 Å². The fourth-order valence-corrected chi connectivity index (χ4v) is 3.49. The zero-order valence-electron chi connectivity index (χ0n) is 13.7. The molecule has 1 aromatic heterocycles. The Hall–Kier alpha value is -2.22. The van der Waals surface area contributed by atoms with E-state index in [1.807, 2.05) is 31.2 Å². The highest BCUT2D eigenvalue weighted by Crippen LogP contribution is 2.21. The van der Waals surface area contributed by atoms with Crippen molar-refractivity contribution in [2.45, 2.75) is 25.3 Å². The molecular weight excluding hydrogens is 362 g/mol. The first kappa shape index (κ1) is 17.6. The van der Waals surface area contributed by atoms with Crippen molar-refractivity contribution >= 4 is 21.6 Å². The molecule has 0 bridgehead atoms. The van der Waals surface area contributed by atoms with Gasteiger partial charge in [-0.1, -0.05) is 47.1 Å². The number of sulfonamides is 1. The van der Waals surface area contributed by atoms with Crippen LogP contribution in [0.15, 0.2) is 51.9 Å². The van der Waals surface area contributed by atoms with Crippen molar-refractivity contribution in [2.75, 3.05) is 0 Å². The lowest BCUT2D eigenvalue weighted by Crippen LogP contribution is -2.23. The van der Waals surface area contributed by atoms with Crippen LogP contribution in [0.1, 0.15) is 17.0 Å². The Morgan fingerprint density at radius 1 is 1.12 bits per heavy atom. The van der Waals surface area contributed by atoms with E-state index in [1.54, 1.807) is 13.0 Å². The number of benzene rings is 2. The van der Waals surface area contributed by atoms with Crippen LogP contribution < -0.4 is 4.72 Å². The molecule has 0 aliphatic carbocycles. The molecule has 0 spiro atoms. The first-order valence-corrected chi connectivity index (χ1v) is 9.37. The van der Waals surface area contributed by atoms with Crippen molar-refractivity contribution in [3.05, 3.63) is 64.5 Å². The third-order valence-electron chi connectivity index (χ3n) is 3.72. The molecule has 25 heavy (non-hydrogen) atoms. The molecule has 1 heterocycles. The molecule has 0 saturated heterocycles. The summed E-state index contributed by atoms with van der Waals surface area (Å²) in [7, 11) is -3.72. The molecule has 3 rings (SSSR count). The minimum atomic E-state index is -3.72. The molecule has 0 amide bonds. The summed E-state index contributed by atoms with van der Waals surface area (Å²) in [5, 5.41) is 4.30. The van der Waals surface area contributed by atoms with Gasteiger partial charge < -0.3 is 4.52 Å². The second-order valence-electron chi connectivity index (χ2n) is 5.56. The molecular formula is C17H16ClN3O3S. The quantitative estimate of drug-likeness (QED) is 0.735. The number of nitrogens with one attached hydrogen (secondary N) is 1. The summed E-state index contributed by atoms with van der Waals surface area (Å²) >= 11 is 5.99. The van der Waals surface area contributed by atoms with Crippen LogP contribution in [0.5, 0.6) is 0 Å². The smallest absolute Gasteiger partial charge is 0.242 e. The van der Waals surface area contributed by atoms with Gasteiger partial charge in [-0.05, 0) is 37.1 Å². The number of hydrogen-bond acceptors (Lipinski definition) is 5. The van der Waals surface area contributed by atoms with Gasteiger partial charge in [-0.25, -0.2) is 13.1 Å². The molecule has 0 saturated carbocycles. The fraction of sp³-hybridized carbons (Fsp3) is 0.176. The molecule has 0 aliphatic rings. The van der Waals surface area contributed by atoms with Gasteiger partial charge in [0.25, 0.3) is 0 Å². The summed E-state index contributed by atoms with van der Waals surface area (Å²) in [6.07, 6.45) is 0. The van der Waals surface area contributed by atoms with Crippen molar-refractivity contribution in [2.24, 2.45) is 0 Å². The van der Waals surface area contributed by atoms with E-state index in [4.69, 9.17) is 16.1 Å². The lowest BCUT2D eigenvalue weighted by Gasteiger charge is -2.06. The summed E-state index contributed by atoms with van der Waals surface area (Å²) < 4.78 is 32.2. The van der Waals surface area contributed by atoms with E-state index < -0.39 is 10.0 Å². The zero-order valence-corrected chi connectivity index (χ0v) is 15.2. The number of hydrogen-bond donors (Lipinski definition) is 1. The summed E-state index contributed by atoms with van der Waals surface area (Å²) in [6.45, 7) is 3.64. The topological polar surface area (TPSA) is 85.1 Å². The highest BCUT2D eigenvalue weighted by atomic mass is 35.5. The Labute approximate surface area is 150 Å². The van der Waals surface area contributed by atoms with E-state index in [1.165, 1.54) is 12.1 Å². The molecule has 0 unspecified atom stereocenters. The van der Waals surface area contributed by atoms with Crippen LogP contribution in [0.4, 0.5) is 0 Å². The first-order valence-electron chi connectivity index (χ1n) is 7.51. The van der Waals surface area contributed by atoms with Crippen molar-refractivity contribution < 1.29 is 12.9 Å². The molecule has 1 N–H and O–H groups in total. The second kappa shape index (κ2) is 6.95. The van der Waals surface area contributed by atoms with Crippen molar-refractivity contribution in [3.63, 3.8) is 0 Å². The number of aryl methyl sites for hydroxylation is 2. The van der Waals surface area contributed by atoms with Gasteiger partial charge in [-0.2, -0.15) is 4.98 Å². The minimum Gasteiger partial charge on any atom is -0.338 e. The Morgan fingerprint density at radius 3 is 2.60 bits per heavy atom. The van der Waals surface area contributed by atoms with Gasteiger partial charge in [0.15, 0.2) is 0 Å². The molecule has 8 heteroatoms. The van der Waals surface area contributed by atoms with E-state index in [-0.39, 0.29) is 17.3 Å². The Balaban J connectivity index is 1.75. The van der Waals surface area contributed by atoms with Gasteiger partial charge in [0.1, 0.15) is 0 Å². The Bertz CT molecular complexity index is 1020. The van der Waals surface area contributed by atoms with E-state index in [0.29, 0.717) is 10.8 Å². The van der Waals surface area contributed by atoms with Crippen LogP contribution in [0.25, 0.3) is 11.4 Å². The van der Waals surface area contributed by atoms with E-state index in [9.17, 15) is 8.42 Å². The average molecular weight is 378 g/mol. The highest BCUT2D eigenvalue weighted by molar-refractivity contribution is 7.89. The molecule has 130 valence electrons. The monoisotopic (exact) mass is 377 g/mol. The molecule has 0 fully saturated rings. The molecule has 0 atom stereocenters. The maximum atomic E-state index is 12.3. The van der Waals surface area contributed by atoms with Gasteiger partial charge in [0.05, 0.1) is 11.4 Å². The van der Waals surface area contributed by atoms with Crippen LogP contribution in [-0.4, -0.2) is 18.6 Å². The molecule has 3 aromatic rings. The number of nitrogens with zero attached hydrogens (tertiary/aromatic N) is 2. The molecule has 2 aromatic carbocycles. The van der Waals surface area contributed by atoms with Gasteiger partial charge in [-0.3, -0.25) is 0 Å². The lowest BCUT2D eigenvalue weighted by molar-refractivity contribution is 0.376. The van der Waals surface area contributed by atoms with Crippen LogP contribution in [0.3, 0.4) is 0 Å². The summed E-state index contributed by atoms with van der Waals surface area (Å²) in [6, 6.07) is 12.2. The normalized spacial score (nSPS) is 11.6. The minimum absolute atomic E-state index is 0.0849. The predicted molar refractivity (Wildman–Crippen MR) is 94.7 cm³/mol. The van der Waals surface area contributed by atoms with E-state index in [2.05, 4.69) is 14.9 Å². The molecule has 0 radical (unpaired) electrons. The zero-order chi connectivity index (χ0) is 18.0. The van der Waals surface area contributed by atoms with E-state index in [0.717, 1.165) is 16.7 Å². The fourth-order valence-electron chi connectivity index (χ4n) is 2.24. The average Bonchev–Trinajstić information content (AvgIpc) is 3.05. The third kappa shape index (κ3) is 3.89. The van der Waals surface area contributed by atoms with Crippen LogP contribution >= 0.6 is 11.6 Å². The summed E-state index contributed by atoms with van der Waals surface area (Å²) in [5.74, 6) is 0.603. The highest BCUT2D eigenvalue weighted by Gasteiger charge is 2.17. The second-order valence-corrected chi connectivity index (χ2v) is 7.74. The maximum Gasteiger partial charge on any atom is 0.242 e.